The lowest BCUT2D eigenvalue weighted by atomic mass is 10.00. The lowest BCUT2D eigenvalue weighted by Crippen LogP contribution is -2.55. The minimum Gasteiger partial charge on any atom is -0.401 e. The molecule has 1 atom stereocenters. The minimum atomic E-state index is -0.949. The fourth-order valence-corrected chi connectivity index (χ4v) is 3.81. The van der Waals surface area contributed by atoms with Crippen LogP contribution in [0.5, 0.6) is 0 Å². The Morgan fingerprint density at radius 1 is 1.35 bits per heavy atom. The molecule has 2 heterocycles. The highest BCUT2D eigenvalue weighted by Crippen LogP contribution is 2.37. The molecule has 2 N–H and O–H groups in total. The molecule has 0 spiro atoms. The van der Waals surface area contributed by atoms with Gasteiger partial charge in [-0.25, -0.2) is 10.2 Å². The normalized spacial score (nSPS) is 17.9. The van der Waals surface area contributed by atoms with E-state index in [2.05, 4.69) is 10.5 Å². The van der Waals surface area contributed by atoms with Crippen LogP contribution in [0, 0.1) is 10.1 Å². The summed E-state index contributed by atoms with van der Waals surface area (Å²) in [5, 5.41) is 26.1. The van der Waals surface area contributed by atoms with Gasteiger partial charge < -0.3 is 14.5 Å². The molecule has 0 bridgehead atoms. The van der Waals surface area contributed by atoms with Gasteiger partial charge in [0.05, 0.1) is 11.6 Å². The van der Waals surface area contributed by atoms with Crippen LogP contribution in [-0.2, 0) is 4.79 Å². The van der Waals surface area contributed by atoms with E-state index < -0.39 is 28.6 Å². The van der Waals surface area contributed by atoms with Crippen LogP contribution in [0.2, 0.25) is 5.02 Å². The number of nitro groups is 1. The second kappa shape index (κ2) is 10.0. The highest BCUT2D eigenvalue weighted by molar-refractivity contribution is 6.30. The maximum absolute atomic E-state index is 13.2. The zero-order valence-corrected chi connectivity index (χ0v) is 19.3. The third-order valence-corrected chi connectivity index (χ3v) is 5.42. The van der Waals surface area contributed by atoms with Crippen molar-refractivity contribution in [2.75, 3.05) is 18.5 Å². The number of halogens is 1. The van der Waals surface area contributed by atoms with Crippen LogP contribution in [0.4, 0.5) is 16.4 Å². The molecule has 2 aromatic rings. The van der Waals surface area contributed by atoms with Gasteiger partial charge in [0.1, 0.15) is 23.4 Å². The number of allylic oxidation sites excluding steroid dienone is 1. The predicted octanol–water partition coefficient (Wildman–Crippen LogP) is 3.32. The highest BCUT2D eigenvalue weighted by Gasteiger charge is 2.54. The molecule has 0 radical (unpaired) electrons. The lowest BCUT2D eigenvalue weighted by molar-refractivity contribution is -0.402. The monoisotopic (exact) mass is 490 g/mol. The molecule has 13 heteroatoms. The van der Waals surface area contributed by atoms with Gasteiger partial charge in [-0.3, -0.25) is 19.8 Å². The molecular weight excluding hydrogens is 468 g/mol. The van der Waals surface area contributed by atoms with E-state index in [-0.39, 0.29) is 18.2 Å². The van der Waals surface area contributed by atoms with Crippen molar-refractivity contribution in [3.63, 3.8) is 0 Å². The molecular formula is C21H23ClN6O6. The van der Waals surface area contributed by atoms with Gasteiger partial charge in [0.15, 0.2) is 0 Å². The van der Waals surface area contributed by atoms with Crippen LogP contribution in [0.15, 0.2) is 52.0 Å². The van der Waals surface area contributed by atoms with Crippen molar-refractivity contribution in [3.8, 4) is 0 Å². The third kappa shape index (κ3) is 5.25. The summed E-state index contributed by atoms with van der Waals surface area (Å²) >= 11 is 5.95. The second-order valence-electron chi connectivity index (χ2n) is 7.92. The number of benzene rings is 1. The quantitative estimate of drug-likeness (QED) is 0.328. The lowest BCUT2D eigenvalue weighted by Gasteiger charge is -2.37. The highest BCUT2D eigenvalue weighted by atomic mass is 35.5. The van der Waals surface area contributed by atoms with Gasteiger partial charge in [0.2, 0.25) is 0 Å². The zero-order chi connectivity index (χ0) is 25.0. The van der Waals surface area contributed by atoms with E-state index >= 15 is 0 Å². The molecule has 12 nitrogen and oxygen atoms in total. The molecule has 0 aliphatic carbocycles. The van der Waals surface area contributed by atoms with Crippen molar-refractivity contribution < 1.29 is 24.1 Å². The van der Waals surface area contributed by atoms with E-state index in [4.69, 9.17) is 16.0 Å². The standard InChI is InChI=1S/C21H23ClN6O6/c1-21(2)19(25(3)31)27(15-8-6-14(22)7-9-15)20(30)26(21)13-17(29)24-23-12-4-5-16-10-11-18(34-16)28(32)33/h4-12,19,31H,13H2,1-3H3,(H,24,29)/b5-4+,23-12+. The maximum Gasteiger partial charge on any atom is 0.433 e. The number of furan rings is 1. The molecule has 3 rings (SSSR count). The SMILES string of the molecule is CN(O)C1N(c2ccc(Cl)cc2)C(=O)N(CC(=O)N/N=C/C=C/c2ccc([N+](=O)[O-])o2)C1(C)C. The second-order valence-corrected chi connectivity index (χ2v) is 8.36. The van der Waals surface area contributed by atoms with Crippen LogP contribution >= 0.6 is 11.6 Å². The first-order valence-corrected chi connectivity index (χ1v) is 10.4. The topological polar surface area (TPSA) is 145 Å². The molecule has 1 aromatic carbocycles. The number of hydrazone groups is 1. The fraction of sp³-hybridized carbons (Fsp3) is 0.286. The summed E-state index contributed by atoms with van der Waals surface area (Å²) in [6, 6.07) is 8.73. The first-order valence-electron chi connectivity index (χ1n) is 10.0. The number of nitrogens with one attached hydrogen (secondary N) is 1. The predicted molar refractivity (Wildman–Crippen MR) is 124 cm³/mol. The molecule has 1 aromatic heterocycles. The molecule has 3 amide bonds. The fourth-order valence-electron chi connectivity index (χ4n) is 3.68. The Kier molecular flexibility index (Phi) is 7.35. The smallest absolute Gasteiger partial charge is 0.401 e. The zero-order valence-electron chi connectivity index (χ0n) is 18.6. The number of urea groups is 1. The number of rotatable bonds is 8. The van der Waals surface area contributed by atoms with Crippen LogP contribution in [0.3, 0.4) is 0 Å². The molecule has 1 unspecified atom stereocenters. The van der Waals surface area contributed by atoms with Gasteiger partial charge in [-0.1, -0.05) is 11.6 Å². The number of likely N-dealkylation sites (N-methyl/N-ethyl adjacent to an activating group) is 1. The molecule has 180 valence electrons. The Bertz CT molecular complexity index is 1130. The molecule has 1 aliphatic heterocycles. The first kappa shape index (κ1) is 24.9. The van der Waals surface area contributed by atoms with Crippen molar-refractivity contribution in [2.24, 2.45) is 5.10 Å². The number of carbonyl (C=O) groups is 2. The van der Waals surface area contributed by atoms with Gasteiger partial charge in [-0.05, 0) is 56.3 Å². The Morgan fingerprint density at radius 2 is 2.03 bits per heavy atom. The molecule has 1 saturated heterocycles. The van der Waals surface area contributed by atoms with Gasteiger partial charge in [-0.2, -0.15) is 10.2 Å². The van der Waals surface area contributed by atoms with Gasteiger partial charge >= 0.3 is 11.9 Å². The number of carbonyl (C=O) groups excluding carboxylic acids is 2. The number of hydrogen-bond donors (Lipinski definition) is 2. The van der Waals surface area contributed by atoms with E-state index in [9.17, 15) is 24.9 Å². The van der Waals surface area contributed by atoms with E-state index in [0.29, 0.717) is 10.7 Å². The van der Waals surface area contributed by atoms with Crippen molar-refractivity contribution in [2.45, 2.75) is 25.6 Å². The van der Waals surface area contributed by atoms with Crippen LogP contribution in [-0.4, -0.2) is 63.5 Å². The molecule has 1 aliphatic rings. The van der Waals surface area contributed by atoms with Gasteiger partial charge in [0.25, 0.3) is 5.91 Å². The molecule has 1 fully saturated rings. The Hall–Kier alpha value is -3.74. The summed E-state index contributed by atoms with van der Waals surface area (Å²) in [5.74, 6) is -0.699. The average Bonchev–Trinajstić information content (AvgIpc) is 3.31. The summed E-state index contributed by atoms with van der Waals surface area (Å²) < 4.78 is 4.96. The summed E-state index contributed by atoms with van der Waals surface area (Å²) in [6.07, 6.45) is 3.33. The summed E-state index contributed by atoms with van der Waals surface area (Å²) in [5.41, 5.74) is 1.88. The van der Waals surface area contributed by atoms with Crippen molar-refractivity contribution >= 4 is 47.4 Å². The van der Waals surface area contributed by atoms with E-state index in [1.807, 2.05) is 0 Å². The average molecular weight is 491 g/mol. The maximum atomic E-state index is 13.2. The number of hydroxylamine groups is 2. The van der Waals surface area contributed by atoms with E-state index in [0.717, 1.165) is 5.06 Å². The van der Waals surface area contributed by atoms with Crippen LogP contribution < -0.4 is 10.3 Å². The van der Waals surface area contributed by atoms with Gasteiger partial charge in [0, 0.05) is 24.0 Å². The summed E-state index contributed by atoms with van der Waals surface area (Å²) in [6.45, 7) is 3.16. The van der Waals surface area contributed by atoms with Crippen molar-refractivity contribution in [3.05, 3.63) is 63.4 Å². The van der Waals surface area contributed by atoms with Crippen LogP contribution in [0.1, 0.15) is 19.6 Å². The van der Waals surface area contributed by atoms with Crippen LogP contribution in [0.25, 0.3) is 6.08 Å². The number of hydrogen-bond acceptors (Lipinski definition) is 8. The third-order valence-electron chi connectivity index (χ3n) is 5.17. The Morgan fingerprint density at radius 3 is 2.62 bits per heavy atom. The van der Waals surface area contributed by atoms with Crippen molar-refractivity contribution in [1.29, 1.82) is 0 Å². The molecule has 0 saturated carbocycles. The van der Waals surface area contributed by atoms with Gasteiger partial charge in [-0.15, -0.1) is 0 Å². The number of nitrogens with zero attached hydrogens (tertiary/aromatic N) is 5. The Labute approximate surface area is 199 Å². The van der Waals surface area contributed by atoms with E-state index in [1.165, 1.54) is 47.3 Å². The number of anilines is 1. The Balaban J connectivity index is 1.67. The van der Waals surface area contributed by atoms with E-state index in [1.54, 1.807) is 38.1 Å². The summed E-state index contributed by atoms with van der Waals surface area (Å²) in [4.78, 5) is 38.4. The first-order chi connectivity index (χ1) is 16.0. The van der Waals surface area contributed by atoms with Crippen molar-refractivity contribution in [1.82, 2.24) is 15.4 Å². The minimum absolute atomic E-state index is 0.246. The molecule has 34 heavy (non-hydrogen) atoms. The summed E-state index contributed by atoms with van der Waals surface area (Å²) in [7, 11) is 1.43. The number of amides is 3. The largest absolute Gasteiger partial charge is 0.433 e.